The Labute approximate surface area is 102 Å². The summed E-state index contributed by atoms with van der Waals surface area (Å²) in [5.41, 5.74) is 0.605. The van der Waals surface area contributed by atoms with Gasteiger partial charge in [0.2, 0.25) is 0 Å². The molecule has 1 aromatic heterocycles. The first-order valence-corrected chi connectivity index (χ1v) is 5.96. The van der Waals surface area contributed by atoms with Crippen LogP contribution >= 0.6 is 22.9 Å². The third-order valence-electron chi connectivity index (χ3n) is 2.29. The number of aliphatic hydroxyl groups excluding tert-OH is 1. The van der Waals surface area contributed by atoms with Gasteiger partial charge in [0.25, 0.3) is 0 Å². The number of aryl methyl sites for hydroxylation is 1. The molecule has 16 heavy (non-hydrogen) atoms. The molecule has 4 heteroatoms. The van der Waals surface area contributed by atoms with Crippen molar-refractivity contribution in [3.05, 3.63) is 56.5 Å². The Balaban J connectivity index is 2.33. The highest BCUT2D eigenvalue weighted by atomic mass is 35.5. The van der Waals surface area contributed by atoms with E-state index in [0.29, 0.717) is 5.56 Å². The van der Waals surface area contributed by atoms with Gasteiger partial charge in [-0.25, -0.2) is 4.39 Å². The van der Waals surface area contributed by atoms with Gasteiger partial charge >= 0.3 is 0 Å². The van der Waals surface area contributed by atoms with Crippen LogP contribution < -0.4 is 0 Å². The Hall–Kier alpha value is -0.900. The second-order valence-corrected chi connectivity index (χ2v) is 5.25. The van der Waals surface area contributed by atoms with Gasteiger partial charge in [0.1, 0.15) is 11.9 Å². The summed E-state index contributed by atoms with van der Waals surface area (Å²) < 4.78 is 13.0. The van der Waals surface area contributed by atoms with Crippen molar-refractivity contribution in [1.82, 2.24) is 0 Å². The van der Waals surface area contributed by atoms with E-state index in [1.807, 2.05) is 19.1 Å². The van der Waals surface area contributed by atoms with E-state index in [9.17, 15) is 9.50 Å². The van der Waals surface area contributed by atoms with Gasteiger partial charge in [0.15, 0.2) is 0 Å². The third kappa shape index (κ3) is 2.26. The lowest BCUT2D eigenvalue weighted by Crippen LogP contribution is -1.97. The molecular weight excluding hydrogens is 247 g/mol. The summed E-state index contributed by atoms with van der Waals surface area (Å²) in [4.78, 5) is 1.96. The fourth-order valence-electron chi connectivity index (χ4n) is 1.45. The number of benzene rings is 1. The van der Waals surface area contributed by atoms with E-state index >= 15 is 0 Å². The largest absolute Gasteiger partial charge is 0.383 e. The third-order valence-corrected chi connectivity index (χ3v) is 3.63. The minimum atomic E-state index is -0.739. The molecule has 0 spiro atoms. The van der Waals surface area contributed by atoms with E-state index in [0.717, 1.165) is 9.75 Å². The van der Waals surface area contributed by atoms with E-state index < -0.39 is 11.9 Å². The summed E-state index contributed by atoms with van der Waals surface area (Å²) in [6.07, 6.45) is -0.739. The summed E-state index contributed by atoms with van der Waals surface area (Å²) >= 11 is 7.18. The molecule has 1 heterocycles. The first-order valence-electron chi connectivity index (χ1n) is 4.77. The van der Waals surface area contributed by atoms with Gasteiger partial charge in [-0.15, -0.1) is 11.3 Å². The molecule has 0 unspecified atom stereocenters. The van der Waals surface area contributed by atoms with Crippen molar-refractivity contribution in [2.45, 2.75) is 13.0 Å². The summed E-state index contributed by atoms with van der Waals surface area (Å²) in [5, 5.41) is 10.1. The van der Waals surface area contributed by atoms with Crippen LogP contribution in [-0.4, -0.2) is 5.11 Å². The van der Waals surface area contributed by atoms with Crippen LogP contribution in [0.25, 0.3) is 0 Å². The van der Waals surface area contributed by atoms with Crippen molar-refractivity contribution in [3.63, 3.8) is 0 Å². The van der Waals surface area contributed by atoms with E-state index in [4.69, 9.17) is 11.6 Å². The summed E-state index contributed by atoms with van der Waals surface area (Å²) in [7, 11) is 0. The topological polar surface area (TPSA) is 20.2 Å². The second kappa shape index (κ2) is 4.53. The van der Waals surface area contributed by atoms with Crippen LogP contribution in [0.1, 0.15) is 21.4 Å². The first-order chi connectivity index (χ1) is 7.58. The Morgan fingerprint density at radius 1 is 1.31 bits per heavy atom. The average molecular weight is 257 g/mol. The maximum absolute atomic E-state index is 13.0. The number of halogens is 2. The fourth-order valence-corrected chi connectivity index (χ4v) is 2.53. The van der Waals surface area contributed by atoms with Crippen molar-refractivity contribution in [2.24, 2.45) is 0 Å². The molecule has 2 aromatic rings. The molecule has 2 rings (SSSR count). The predicted octanol–water partition coefficient (Wildman–Crippen LogP) is 3.93. The molecular formula is C12H10ClFOS. The van der Waals surface area contributed by atoms with Crippen LogP contribution in [0, 0.1) is 12.7 Å². The minimum absolute atomic E-state index is 0.0322. The normalized spacial score (nSPS) is 12.8. The summed E-state index contributed by atoms with van der Waals surface area (Å²) in [6, 6.07) is 8.06. The SMILES string of the molecule is Cc1ccc([C@@H](O)c2ccc(F)c(Cl)c2)s1. The highest BCUT2D eigenvalue weighted by Gasteiger charge is 2.13. The van der Waals surface area contributed by atoms with Gasteiger partial charge in [-0.1, -0.05) is 17.7 Å². The number of hydrogen-bond acceptors (Lipinski definition) is 2. The van der Waals surface area contributed by atoms with Crippen LogP contribution in [0.4, 0.5) is 4.39 Å². The molecule has 0 bridgehead atoms. The van der Waals surface area contributed by atoms with Gasteiger partial charge < -0.3 is 5.11 Å². The van der Waals surface area contributed by atoms with Crippen LogP contribution in [0.2, 0.25) is 5.02 Å². The lowest BCUT2D eigenvalue weighted by atomic mass is 10.1. The standard InChI is InChI=1S/C12H10ClFOS/c1-7-2-5-11(16-7)12(15)8-3-4-10(14)9(13)6-8/h2-6,12,15H,1H3/t12-/m0/s1. The van der Waals surface area contributed by atoms with Crippen LogP contribution in [0.5, 0.6) is 0 Å². The molecule has 1 N–H and O–H groups in total. The molecule has 0 saturated carbocycles. The molecule has 84 valence electrons. The molecule has 0 amide bonds. The molecule has 0 aliphatic heterocycles. The van der Waals surface area contributed by atoms with E-state index in [-0.39, 0.29) is 5.02 Å². The summed E-state index contributed by atoms with van der Waals surface area (Å²) in [6.45, 7) is 1.97. The zero-order valence-electron chi connectivity index (χ0n) is 8.58. The van der Waals surface area contributed by atoms with Crippen molar-refractivity contribution in [2.75, 3.05) is 0 Å². The quantitative estimate of drug-likeness (QED) is 0.863. The smallest absolute Gasteiger partial charge is 0.141 e. The Bertz CT molecular complexity index is 509. The zero-order valence-corrected chi connectivity index (χ0v) is 10.1. The predicted molar refractivity (Wildman–Crippen MR) is 64.5 cm³/mol. The fraction of sp³-hybridized carbons (Fsp3) is 0.167. The number of thiophene rings is 1. The van der Waals surface area contributed by atoms with Crippen molar-refractivity contribution < 1.29 is 9.50 Å². The maximum atomic E-state index is 13.0. The molecule has 0 radical (unpaired) electrons. The lowest BCUT2D eigenvalue weighted by molar-refractivity contribution is 0.224. The van der Waals surface area contributed by atoms with Crippen molar-refractivity contribution >= 4 is 22.9 Å². The Morgan fingerprint density at radius 2 is 2.06 bits per heavy atom. The number of hydrogen-bond donors (Lipinski definition) is 1. The lowest BCUT2D eigenvalue weighted by Gasteiger charge is -2.09. The average Bonchev–Trinajstić information content (AvgIpc) is 2.68. The zero-order chi connectivity index (χ0) is 11.7. The molecule has 0 aliphatic rings. The van der Waals surface area contributed by atoms with Crippen molar-refractivity contribution in [1.29, 1.82) is 0 Å². The molecule has 1 atom stereocenters. The van der Waals surface area contributed by atoms with Gasteiger partial charge in [0, 0.05) is 9.75 Å². The highest BCUT2D eigenvalue weighted by molar-refractivity contribution is 7.12. The summed E-state index contributed by atoms with van der Waals surface area (Å²) in [5.74, 6) is -0.472. The monoisotopic (exact) mass is 256 g/mol. The van der Waals surface area contributed by atoms with Gasteiger partial charge in [-0.2, -0.15) is 0 Å². The van der Waals surface area contributed by atoms with Gasteiger partial charge in [-0.05, 0) is 36.8 Å². The van der Waals surface area contributed by atoms with Crippen LogP contribution in [0.3, 0.4) is 0 Å². The molecule has 0 fully saturated rings. The Kier molecular flexibility index (Phi) is 3.28. The molecule has 1 aromatic carbocycles. The van der Waals surface area contributed by atoms with E-state index in [1.165, 1.54) is 23.5 Å². The molecule has 1 nitrogen and oxygen atoms in total. The number of aliphatic hydroxyl groups is 1. The van der Waals surface area contributed by atoms with Crippen molar-refractivity contribution in [3.8, 4) is 0 Å². The second-order valence-electron chi connectivity index (χ2n) is 3.52. The molecule has 0 saturated heterocycles. The van der Waals surface area contributed by atoms with E-state index in [2.05, 4.69) is 0 Å². The minimum Gasteiger partial charge on any atom is -0.383 e. The maximum Gasteiger partial charge on any atom is 0.141 e. The first kappa shape index (κ1) is 11.6. The highest BCUT2D eigenvalue weighted by Crippen LogP contribution is 2.29. The molecule has 0 aliphatic carbocycles. The number of rotatable bonds is 2. The van der Waals surface area contributed by atoms with Gasteiger partial charge in [0.05, 0.1) is 5.02 Å². The van der Waals surface area contributed by atoms with E-state index in [1.54, 1.807) is 6.07 Å². The van der Waals surface area contributed by atoms with Crippen LogP contribution in [-0.2, 0) is 0 Å². The van der Waals surface area contributed by atoms with Crippen LogP contribution in [0.15, 0.2) is 30.3 Å². The van der Waals surface area contributed by atoms with Gasteiger partial charge in [-0.3, -0.25) is 0 Å². The Morgan fingerprint density at radius 3 is 2.62 bits per heavy atom.